The Kier molecular flexibility index (Phi) is 6.58. The summed E-state index contributed by atoms with van der Waals surface area (Å²) < 4.78 is 7.12. The van der Waals surface area contributed by atoms with Crippen molar-refractivity contribution in [2.75, 3.05) is 0 Å². The van der Waals surface area contributed by atoms with Gasteiger partial charge >= 0.3 is 5.97 Å². The summed E-state index contributed by atoms with van der Waals surface area (Å²) in [6.07, 6.45) is 5.08. The molecule has 0 radical (unpaired) electrons. The van der Waals surface area contributed by atoms with Crippen LogP contribution in [0.2, 0.25) is 0 Å². The average molecular weight is 458 g/mol. The van der Waals surface area contributed by atoms with E-state index in [1.807, 2.05) is 48.7 Å². The number of pyridine rings is 1. The van der Waals surface area contributed by atoms with E-state index >= 15 is 0 Å². The van der Waals surface area contributed by atoms with E-state index in [1.165, 1.54) is 0 Å². The molecular weight excluding hydrogens is 430 g/mol. The number of aromatic amines is 1. The summed E-state index contributed by atoms with van der Waals surface area (Å²) in [7, 11) is 0. The van der Waals surface area contributed by atoms with Crippen LogP contribution in [0.5, 0.6) is 0 Å². The quantitative estimate of drug-likeness (QED) is 0.401. The summed E-state index contributed by atoms with van der Waals surface area (Å²) in [6.45, 7) is 7.33. The third-order valence-corrected chi connectivity index (χ3v) is 5.42. The van der Waals surface area contributed by atoms with E-state index in [-0.39, 0.29) is 18.6 Å². The lowest BCUT2D eigenvalue weighted by Gasteiger charge is -2.08. The van der Waals surface area contributed by atoms with Gasteiger partial charge in [-0.15, -0.1) is 0 Å². The van der Waals surface area contributed by atoms with Crippen LogP contribution in [0.25, 0.3) is 16.9 Å². The fourth-order valence-electron chi connectivity index (χ4n) is 3.82. The Bertz CT molecular complexity index is 1310. The maximum Gasteiger partial charge on any atom is 0.340 e. The van der Waals surface area contributed by atoms with Crippen LogP contribution in [0, 0.1) is 13.8 Å². The number of amides is 1. The Morgan fingerprint density at radius 1 is 1.09 bits per heavy atom. The van der Waals surface area contributed by atoms with E-state index in [9.17, 15) is 9.59 Å². The second-order valence-corrected chi connectivity index (χ2v) is 8.28. The van der Waals surface area contributed by atoms with Crippen LogP contribution in [-0.2, 0) is 11.3 Å². The highest BCUT2D eigenvalue weighted by molar-refractivity contribution is 6.00. The number of hydrogen-bond donors (Lipinski definition) is 2. The third kappa shape index (κ3) is 4.76. The molecule has 0 saturated heterocycles. The number of carbonyl (C=O) groups is 2. The van der Waals surface area contributed by atoms with Crippen LogP contribution in [0.15, 0.2) is 61.1 Å². The molecule has 2 N–H and O–H groups in total. The SMILES string of the molecule is Cc1[nH]c(C(=O)NCc2cn(-c3ccccc3)nc2-c2ccncc2)c(C)c1C(=O)OC(C)C. The van der Waals surface area contributed by atoms with Gasteiger partial charge in [-0.1, -0.05) is 18.2 Å². The summed E-state index contributed by atoms with van der Waals surface area (Å²) >= 11 is 0. The smallest absolute Gasteiger partial charge is 0.340 e. The van der Waals surface area contributed by atoms with Gasteiger partial charge < -0.3 is 15.0 Å². The Labute approximate surface area is 198 Å². The maximum absolute atomic E-state index is 13.0. The van der Waals surface area contributed by atoms with Crippen LogP contribution >= 0.6 is 0 Å². The molecule has 8 nitrogen and oxygen atoms in total. The molecule has 3 heterocycles. The summed E-state index contributed by atoms with van der Waals surface area (Å²) in [5.74, 6) is -0.748. The van der Waals surface area contributed by atoms with Gasteiger partial charge in [0.2, 0.25) is 0 Å². The van der Waals surface area contributed by atoms with Gasteiger partial charge in [0.1, 0.15) is 5.69 Å². The zero-order valence-corrected chi connectivity index (χ0v) is 19.6. The summed E-state index contributed by atoms with van der Waals surface area (Å²) in [5, 5.41) is 7.72. The van der Waals surface area contributed by atoms with Crippen LogP contribution < -0.4 is 5.32 Å². The van der Waals surface area contributed by atoms with Crippen molar-refractivity contribution in [2.45, 2.75) is 40.3 Å². The normalized spacial score (nSPS) is 11.0. The van der Waals surface area contributed by atoms with Crippen molar-refractivity contribution in [3.8, 4) is 16.9 Å². The van der Waals surface area contributed by atoms with Crippen LogP contribution in [0.1, 0.15) is 51.5 Å². The molecule has 3 aromatic heterocycles. The van der Waals surface area contributed by atoms with Gasteiger partial charge in [0.05, 0.1) is 23.0 Å². The molecule has 0 fully saturated rings. The van der Waals surface area contributed by atoms with Crippen molar-refractivity contribution in [1.29, 1.82) is 0 Å². The molecule has 174 valence electrons. The number of H-pyrrole nitrogens is 1. The third-order valence-electron chi connectivity index (χ3n) is 5.42. The van der Waals surface area contributed by atoms with Crippen LogP contribution in [0.3, 0.4) is 0 Å². The zero-order valence-electron chi connectivity index (χ0n) is 19.6. The molecule has 0 aliphatic rings. The first kappa shape index (κ1) is 23.0. The van der Waals surface area contributed by atoms with Gasteiger partial charge in [0.15, 0.2) is 0 Å². The molecule has 34 heavy (non-hydrogen) atoms. The maximum atomic E-state index is 13.0. The highest BCUT2D eigenvalue weighted by Crippen LogP contribution is 2.24. The number of carbonyl (C=O) groups excluding carboxylic acids is 2. The lowest BCUT2D eigenvalue weighted by Crippen LogP contribution is -2.24. The molecule has 0 bridgehead atoms. The van der Waals surface area contributed by atoms with Crippen molar-refractivity contribution in [3.63, 3.8) is 0 Å². The average Bonchev–Trinajstić information content (AvgIpc) is 3.39. The Hall–Kier alpha value is -4.20. The van der Waals surface area contributed by atoms with Gasteiger partial charge in [-0.05, 0) is 57.5 Å². The van der Waals surface area contributed by atoms with Crippen molar-refractivity contribution in [2.24, 2.45) is 0 Å². The number of rotatable bonds is 7. The van der Waals surface area contributed by atoms with Crippen molar-refractivity contribution in [3.05, 3.63) is 89.1 Å². The molecule has 0 aliphatic carbocycles. The predicted octanol–water partition coefficient (Wildman–Crippen LogP) is 4.37. The van der Waals surface area contributed by atoms with Crippen LogP contribution in [-0.4, -0.2) is 37.7 Å². The second kappa shape index (κ2) is 9.74. The van der Waals surface area contributed by atoms with E-state index in [2.05, 4.69) is 15.3 Å². The summed E-state index contributed by atoms with van der Waals surface area (Å²) in [4.78, 5) is 32.6. The topological polar surface area (TPSA) is 102 Å². The number of aryl methyl sites for hydroxylation is 1. The van der Waals surface area contributed by atoms with E-state index in [0.717, 1.165) is 22.5 Å². The summed E-state index contributed by atoms with van der Waals surface area (Å²) in [5.41, 5.74) is 5.33. The van der Waals surface area contributed by atoms with Gasteiger partial charge in [-0.25, -0.2) is 9.48 Å². The summed E-state index contributed by atoms with van der Waals surface area (Å²) in [6, 6.07) is 13.5. The van der Waals surface area contributed by atoms with Crippen molar-refractivity contribution >= 4 is 11.9 Å². The Balaban J connectivity index is 1.60. The monoisotopic (exact) mass is 457 g/mol. The fourth-order valence-corrected chi connectivity index (χ4v) is 3.82. The fraction of sp³-hybridized carbons (Fsp3) is 0.231. The lowest BCUT2D eigenvalue weighted by atomic mass is 10.1. The molecular formula is C26H27N5O3. The number of nitrogens with one attached hydrogen (secondary N) is 2. The molecule has 4 rings (SSSR count). The molecule has 1 amide bonds. The first-order chi connectivity index (χ1) is 16.3. The van der Waals surface area contributed by atoms with Crippen molar-refractivity contribution in [1.82, 2.24) is 25.1 Å². The minimum Gasteiger partial charge on any atom is -0.459 e. The number of hydrogen-bond acceptors (Lipinski definition) is 5. The molecule has 4 aromatic rings. The zero-order chi connectivity index (χ0) is 24.2. The largest absolute Gasteiger partial charge is 0.459 e. The van der Waals surface area contributed by atoms with Gasteiger partial charge in [0.25, 0.3) is 5.91 Å². The molecule has 1 aromatic carbocycles. The molecule has 0 aliphatic heterocycles. The lowest BCUT2D eigenvalue weighted by molar-refractivity contribution is 0.0376. The molecule has 8 heteroatoms. The number of nitrogens with zero attached hydrogens (tertiary/aromatic N) is 3. The molecule has 0 atom stereocenters. The van der Waals surface area contributed by atoms with Gasteiger partial charge in [-0.3, -0.25) is 9.78 Å². The van der Waals surface area contributed by atoms with Gasteiger partial charge in [-0.2, -0.15) is 5.10 Å². The minimum atomic E-state index is -0.440. The predicted molar refractivity (Wildman–Crippen MR) is 129 cm³/mol. The van der Waals surface area contributed by atoms with E-state index < -0.39 is 5.97 Å². The Morgan fingerprint density at radius 3 is 2.47 bits per heavy atom. The van der Waals surface area contributed by atoms with E-state index in [0.29, 0.717) is 22.5 Å². The van der Waals surface area contributed by atoms with Crippen molar-refractivity contribution < 1.29 is 14.3 Å². The number of para-hydroxylation sites is 1. The molecule has 0 spiro atoms. The highest BCUT2D eigenvalue weighted by Gasteiger charge is 2.24. The van der Waals surface area contributed by atoms with Gasteiger partial charge in [0, 0.05) is 42.0 Å². The number of ether oxygens (including phenoxy) is 1. The first-order valence-corrected chi connectivity index (χ1v) is 11.1. The van der Waals surface area contributed by atoms with Crippen LogP contribution in [0.4, 0.5) is 0 Å². The standard InChI is InChI=1S/C26H27N5O3/c1-16(2)34-26(33)22-17(3)23(29-18(22)4)25(32)28-14-20-15-31(21-8-6-5-7-9-21)30-24(20)19-10-12-27-13-11-19/h5-13,15-16,29H,14H2,1-4H3,(H,28,32). The number of esters is 1. The molecule has 0 saturated carbocycles. The van der Waals surface area contributed by atoms with E-state index in [1.54, 1.807) is 44.8 Å². The van der Waals surface area contributed by atoms with E-state index in [4.69, 9.17) is 9.84 Å². The minimum absolute atomic E-state index is 0.244. The Morgan fingerprint density at radius 2 is 1.79 bits per heavy atom. The number of aromatic nitrogens is 4. The second-order valence-electron chi connectivity index (χ2n) is 8.28. The molecule has 0 unspecified atom stereocenters. The highest BCUT2D eigenvalue weighted by atomic mass is 16.5. The first-order valence-electron chi connectivity index (χ1n) is 11.1. The number of benzene rings is 1.